The van der Waals surface area contributed by atoms with Crippen molar-refractivity contribution in [1.29, 1.82) is 0 Å². The molecule has 0 saturated carbocycles. The fourth-order valence-corrected chi connectivity index (χ4v) is 4.21. The number of piperazine rings is 1. The zero-order valence-electron chi connectivity index (χ0n) is 18.6. The highest BCUT2D eigenvalue weighted by molar-refractivity contribution is 6.30. The van der Waals surface area contributed by atoms with E-state index in [1.165, 1.54) is 5.56 Å². The van der Waals surface area contributed by atoms with Crippen LogP contribution in [-0.4, -0.2) is 47.2 Å². The van der Waals surface area contributed by atoms with Crippen molar-refractivity contribution in [3.8, 4) is 17.1 Å². The van der Waals surface area contributed by atoms with Gasteiger partial charge in [0.15, 0.2) is 5.76 Å². The fraction of sp³-hybridized carbons (Fsp3) is 0.231. The van der Waals surface area contributed by atoms with Crippen LogP contribution in [0.1, 0.15) is 16.9 Å². The van der Waals surface area contributed by atoms with Crippen LogP contribution in [0, 0.1) is 6.92 Å². The first kappa shape index (κ1) is 21.5. The van der Waals surface area contributed by atoms with Gasteiger partial charge >= 0.3 is 0 Å². The zero-order valence-corrected chi connectivity index (χ0v) is 19.4. The van der Waals surface area contributed by atoms with E-state index in [4.69, 9.17) is 26.2 Å². The number of nitrogens with one attached hydrogen (secondary N) is 1. The van der Waals surface area contributed by atoms with Crippen LogP contribution in [0.25, 0.3) is 17.1 Å². The standard InChI is InChI=1S/C26H26ClN5O/c1-20-7-12-25(33-20)26-22(19-32(29-26)24-5-3-2-4-6-24)17-28-31-15-13-30(14-16-31)18-21-8-10-23(27)11-9-21/h2-12,17,19H,13-16,18H2,1H3/p+1/b28-17-. The maximum Gasteiger partial charge on any atom is 0.155 e. The molecule has 1 fully saturated rings. The van der Waals surface area contributed by atoms with Crippen LogP contribution in [0.4, 0.5) is 0 Å². The summed E-state index contributed by atoms with van der Waals surface area (Å²) in [6, 6.07) is 22.2. The zero-order chi connectivity index (χ0) is 22.6. The predicted molar refractivity (Wildman–Crippen MR) is 131 cm³/mol. The molecule has 6 nitrogen and oxygen atoms in total. The molecule has 2 aromatic heterocycles. The van der Waals surface area contributed by atoms with E-state index in [0.717, 1.165) is 66.2 Å². The van der Waals surface area contributed by atoms with Gasteiger partial charge in [-0.3, -0.25) is 5.01 Å². The van der Waals surface area contributed by atoms with E-state index in [0.29, 0.717) is 0 Å². The number of aryl methyl sites for hydroxylation is 1. The molecule has 0 unspecified atom stereocenters. The number of furan rings is 1. The Bertz CT molecular complexity index is 1220. The summed E-state index contributed by atoms with van der Waals surface area (Å²) in [4.78, 5) is 1.56. The molecule has 1 aliphatic rings. The summed E-state index contributed by atoms with van der Waals surface area (Å²) >= 11 is 6.01. The summed E-state index contributed by atoms with van der Waals surface area (Å²) in [5, 5.41) is 12.5. The first-order valence-electron chi connectivity index (χ1n) is 11.2. The molecular formula is C26H27ClN5O+. The van der Waals surface area contributed by atoms with Crippen molar-refractivity contribution in [2.45, 2.75) is 13.5 Å². The second-order valence-corrected chi connectivity index (χ2v) is 8.81. The van der Waals surface area contributed by atoms with Gasteiger partial charge in [0.2, 0.25) is 0 Å². The second-order valence-electron chi connectivity index (χ2n) is 8.37. The van der Waals surface area contributed by atoms with Gasteiger partial charge in [0.05, 0.1) is 38.1 Å². The lowest BCUT2D eigenvalue weighted by Crippen LogP contribution is -3.13. The van der Waals surface area contributed by atoms with E-state index in [1.807, 2.05) is 78.6 Å². The van der Waals surface area contributed by atoms with Crippen LogP contribution in [0.3, 0.4) is 0 Å². The Labute approximate surface area is 198 Å². The van der Waals surface area contributed by atoms with Crippen LogP contribution in [0.2, 0.25) is 5.02 Å². The molecule has 1 aliphatic heterocycles. The third kappa shape index (κ3) is 5.18. The second kappa shape index (κ2) is 9.65. The van der Waals surface area contributed by atoms with Gasteiger partial charge in [0.25, 0.3) is 0 Å². The number of quaternary nitrogens is 1. The van der Waals surface area contributed by atoms with Crippen molar-refractivity contribution in [2.75, 3.05) is 26.2 Å². The molecule has 0 bridgehead atoms. The quantitative estimate of drug-likeness (QED) is 0.445. The Balaban J connectivity index is 1.29. The lowest BCUT2D eigenvalue weighted by atomic mass is 10.2. The molecule has 0 amide bonds. The summed E-state index contributed by atoms with van der Waals surface area (Å²) in [6.07, 6.45) is 3.91. The Morgan fingerprint density at radius 3 is 2.48 bits per heavy atom. The van der Waals surface area contributed by atoms with Crippen LogP contribution in [0.5, 0.6) is 0 Å². The molecule has 2 aromatic carbocycles. The van der Waals surface area contributed by atoms with Gasteiger partial charge in [-0.25, -0.2) is 4.68 Å². The summed E-state index contributed by atoms with van der Waals surface area (Å²) < 4.78 is 7.74. The van der Waals surface area contributed by atoms with Gasteiger partial charge < -0.3 is 9.32 Å². The summed E-state index contributed by atoms with van der Waals surface area (Å²) in [7, 11) is 0. The molecule has 0 aliphatic carbocycles. The molecular weight excluding hydrogens is 434 g/mol. The Morgan fingerprint density at radius 1 is 1.03 bits per heavy atom. The first-order valence-corrected chi connectivity index (χ1v) is 11.6. The summed E-state index contributed by atoms with van der Waals surface area (Å²) in [5.41, 5.74) is 4.05. The molecule has 0 spiro atoms. The number of para-hydroxylation sites is 1. The average Bonchev–Trinajstić information content (AvgIpc) is 3.47. The van der Waals surface area contributed by atoms with Crippen molar-refractivity contribution in [3.05, 3.63) is 94.8 Å². The molecule has 3 heterocycles. The molecule has 1 N–H and O–H groups in total. The number of benzene rings is 2. The lowest BCUT2D eigenvalue weighted by Gasteiger charge is -2.30. The van der Waals surface area contributed by atoms with E-state index in [-0.39, 0.29) is 0 Å². The van der Waals surface area contributed by atoms with E-state index < -0.39 is 0 Å². The van der Waals surface area contributed by atoms with Gasteiger partial charge in [0.1, 0.15) is 18.0 Å². The SMILES string of the molecule is Cc1ccc(-c2nn(-c3ccccc3)cc2/C=N\N2CC[NH+](Cc3ccc(Cl)cc3)CC2)o1. The Kier molecular flexibility index (Phi) is 6.28. The van der Waals surface area contributed by atoms with Crippen molar-refractivity contribution in [1.82, 2.24) is 14.8 Å². The number of hydrazone groups is 1. The van der Waals surface area contributed by atoms with Gasteiger partial charge in [-0.2, -0.15) is 10.2 Å². The van der Waals surface area contributed by atoms with E-state index >= 15 is 0 Å². The van der Waals surface area contributed by atoms with E-state index in [1.54, 1.807) is 4.90 Å². The van der Waals surface area contributed by atoms with Crippen molar-refractivity contribution < 1.29 is 9.32 Å². The van der Waals surface area contributed by atoms with Gasteiger partial charge in [-0.1, -0.05) is 41.9 Å². The molecule has 168 valence electrons. The predicted octanol–water partition coefficient (Wildman–Crippen LogP) is 3.83. The van der Waals surface area contributed by atoms with Crippen molar-refractivity contribution in [2.24, 2.45) is 5.10 Å². The smallest absolute Gasteiger partial charge is 0.155 e. The minimum absolute atomic E-state index is 0.751. The fourth-order valence-electron chi connectivity index (χ4n) is 4.09. The molecule has 4 aromatic rings. The topological polar surface area (TPSA) is 51.0 Å². The lowest BCUT2D eigenvalue weighted by molar-refractivity contribution is -0.918. The van der Waals surface area contributed by atoms with Gasteiger partial charge in [-0.05, 0) is 43.3 Å². The third-order valence-corrected chi connectivity index (χ3v) is 6.16. The third-order valence-electron chi connectivity index (χ3n) is 5.91. The molecule has 1 saturated heterocycles. The van der Waals surface area contributed by atoms with Gasteiger partial charge in [0, 0.05) is 22.3 Å². The summed E-state index contributed by atoms with van der Waals surface area (Å²) in [6.45, 7) is 6.89. The number of hydrogen-bond donors (Lipinski definition) is 1. The normalized spacial score (nSPS) is 14.9. The van der Waals surface area contributed by atoms with E-state index in [2.05, 4.69) is 17.1 Å². The number of nitrogens with zero attached hydrogens (tertiary/aromatic N) is 4. The van der Waals surface area contributed by atoms with Crippen LogP contribution < -0.4 is 4.90 Å². The highest BCUT2D eigenvalue weighted by Gasteiger charge is 2.19. The van der Waals surface area contributed by atoms with Crippen LogP contribution >= 0.6 is 11.6 Å². The first-order chi connectivity index (χ1) is 16.1. The average molecular weight is 461 g/mol. The highest BCUT2D eigenvalue weighted by atomic mass is 35.5. The van der Waals surface area contributed by atoms with Crippen LogP contribution in [-0.2, 0) is 6.54 Å². The highest BCUT2D eigenvalue weighted by Crippen LogP contribution is 2.24. The van der Waals surface area contributed by atoms with Crippen molar-refractivity contribution >= 4 is 17.8 Å². The van der Waals surface area contributed by atoms with E-state index in [9.17, 15) is 0 Å². The molecule has 0 atom stereocenters. The number of aromatic nitrogens is 2. The maximum absolute atomic E-state index is 6.01. The minimum atomic E-state index is 0.751. The minimum Gasteiger partial charge on any atom is -0.460 e. The Morgan fingerprint density at radius 2 is 1.79 bits per heavy atom. The molecule has 0 radical (unpaired) electrons. The monoisotopic (exact) mass is 460 g/mol. The Hall–Kier alpha value is -3.35. The van der Waals surface area contributed by atoms with Crippen LogP contribution in [0.15, 0.2) is 82.4 Å². The maximum atomic E-state index is 6.01. The molecule has 7 heteroatoms. The number of rotatable bonds is 6. The molecule has 33 heavy (non-hydrogen) atoms. The molecule has 5 rings (SSSR count). The van der Waals surface area contributed by atoms with Gasteiger partial charge in [-0.15, -0.1) is 0 Å². The number of halogens is 1. The number of hydrogen-bond acceptors (Lipinski definition) is 4. The largest absolute Gasteiger partial charge is 0.460 e. The summed E-state index contributed by atoms with van der Waals surface area (Å²) in [5.74, 6) is 1.61. The van der Waals surface area contributed by atoms with Crippen molar-refractivity contribution in [3.63, 3.8) is 0 Å².